The van der Waals surface area contributed by atoms with E-state index in [9.17, 15) is 0 Å². The lowest BCUT2D eigenvalue weighted by molar-refractivity contribution is 0.306. The van der Waals surface area contributed by atoms with Crippen molar-refractivity contribution in [3.8, 4) is 17.3 Å². The molecule has 0 fully saturated rings. The molecule has 0 unspecified atom stereocenters. The molecule has 4 rings (SSSR count). The highest BCUT2D eigenvalue weighted by Crippen LogP contribution is 2.20. The van der Waals surface area contributed by atoms with Crippen LogP contribution < -0.4 is 4.74 Å². The second kappa shape index (κ2) is 8.24. The summed E-state index contributed by atoms with van der Waals surface area (Å²) in [7, 11) is 0. The Morgan fingerprint density at radius 1 is 1.18 bits per heavy atom. The minimum absolute atomic E-state index is 0.369. The number of aromatic nitrogens is 3. The number of rotatable bonds is 6. The van der Waals surface area contributed by atoms with E-state index in [1.165, 1.54) is 4.68 Å². The standard InChI is InChI=1S/C20H15ClN4O2S/c21-17-8-2-1-6-15(17)13-27-16-7-3-5-14(11-16)12-22-25-19(23-24-20(25)28)18-9-4-10-26-18/h1-12H,13H2,(H,24,28)/b22-12-. The average Bonchev–Trinajstić information content (AvgIpc) is 3.36. The zero-order chi connectivity index (χ0) is 19.3. The Balaban J connectivity index is 1.52. The number of ether oxygens (including phenoxy) is 1. The molecule has 6 nitrogen and oxygen atoms in total. The summed E-state index contributed by atoms with van der Waals surface area (Å²) in [6.07, 6.45) is 3.25. The number of halogens is 1. The first-order valence-electron chi connectivity index (χ1n) is 8.42. The van der Waals surface area contributed by atoms with E-state index in [0.29, 0.717) is 33.7 Å². The van der Waals surface area contributed by atoms with Gasteiger partial charge in [-0.2, -0.15) is 9.78 Å². The maximum Gasteiger partial charge on any atom is 0.219 e. The Hall–Kier alpha value is -3.16. The Morgan fingerprint density at radius 2 is 2.07 bits per heavy atom. The molecular weight excluding hydrogens is 396 g/mol. The van der Waals surface area contributed by atoms with E-state index in [1.807, 2.05) is 48.5 Å². The molecule has 0 aliphatic carbocycles. The van der Waals surface area contributed by atoms with Crippen molar-refractivity contribution in [1.82, 2.24) is 14.9 Å². The monoisotopic (exact) mass is 410 g/mol. The molecule has 28 heavy (non-hydrogen) atoms. The molecule has 0 bridgehead atoms. The number of H-pyrrole nitrogens is 1. The SMILES string of the molecule is S=c1[nH]nc(-c2ccco2)n1/N=C\c1cccc(OCc2ccccc2Cl)c1. The summed E-state index contributed by atoms with van der Waals surface area (Å²) in [4.78, 5) is 0. The minimum atomic E-state index is 0.369. The van der Waals surface area contributed by atoms with Crippen molar-refractivity contribution in [2.45, 2.75) is 6.61 Å². The number of hydrogen-bond acceptors (Lipinski definition) is 5. The van der Waals surface area contributed by atoms with E-state index in [0.717, 1.165) is 11.1 Å². The third kappa shape index (κ3) is 4.05. The molecule has 1 N–H and O–H groups in total. The van der Waals surface area contributed by atoms with Gasteiger partial charge < -0.3 is 9.15 Å². The molecule has 0 aliphatic rings. The normalized spacial score (nSPS) is 11.2. The molecule has 0 spiro atoms. The molecule has 2 heterocycles. The van der Waals surface area contributed by atoms with Crippen molar-refractivity contribution in [2.24, 2.45) is 5.10 Å². The lowest BCUT2D eigenvalue weighted by Gasteiger charge is -2.08. The van der Waals surface area contributed by atoms with Crippen LogP contribution in [0.2, 0.25) is 5.02 Å². The number of hydrogen-bond donors (Lipinski definition) is 1. The van der Waals surface area contributed by atoms with Gasteiger partial charge in [-0.15, -0.1) is 5.10 Å². The first-order valence-corrected chi connectivity index (χ1v) is 9.21. The smallest absolute Gasteiger partial charge is 0.219 e. The third-order valence-corrected chi connectivity index (χ3v) is 4.56. The minimum Gasteiger partial charge on any atom is -0.489 e. The van der Waals surface area contributed by atoms with Gasteiger partial charge in [0, 0.05) is 10.6 Å². The predicted octanol–water partition coefficient (Wildman–Crippen LogP) is 5.32. The second-order valence-corrected chi connectivity index (χ2v) is 6.63. The topological polar surface area (TPSA) is 68.3 Å². The molecule has 8 heteroatoms. The summed E-state index contributed by atoms with van der Waals surface area (Å²) in [5.74, 6) is 1.78. The van der Waals surface area contributed by atoms with Gasteiger partial charge in [-0.05, 0) is 48.1 Å². The van der Waals surface area contributed by atoms with E-state index < -0.39 is 0 Å². The zero-order valence-electron chi connectivity index (χ0n) is 14.6. The zero-order valence-corrected chi connectivity index (χ0v) is 16.2. The molecule has 2 aromatic heterocycles. The summed E-state index contributed by atoms with van der Waals surface area (Å²) >= 11 is 11.4. The second-order valence-electron chi connectivity index (χ2n) is 5.84. The molecule has 0 atom stereocenters. The molecule has 0 radical (unpaired) electrons. The summed E-state index contributed by atoms with van der Waals surface area (Å²) in [5, 5.41) is 12.0. The quantitative estimate of drug-likeness (QED) is 0.345. The van der Waals surface area contributed by atoms with Gasteiger partial charge in [0.25, 0.3) is 0 Å². The van der Waals surface area contributed by atoms with Crippen LogP contribution in [0.3, 0.4) is 0 Å². The van der Waals surface area contributed by atoms with Crippen molar-refractivity contribution in [3.63, 3.8) is 0 Å². The van der Waals surface area contributed by atoms with Crippen LogP contribution in [0.4, 0.5) is 0 Å². The molecule has 4 aromatic rings. The highest BCUT2D eigenvalue weighted by atomic mass is 35.5. The van der Waals surface area contributed by atoms with Crippen LogP contribution in [0.5, 0.6) is 5.75 Å². The fourth-order valence-electron chi connectivity index (χ4n) is 2.55. The average molecular weight is 411 g/mol. The Bertz CT molecular complexity index is 1160. The number of benzene rings is 2. The highest BCUT2D eigenvalue weighted by molar-refractivity contribution is 7.71. The number of nitrogens with one attached hydrogen (secondary N) is 1. The van der Waals surface area contributed by atoms with Gasteiger partial charge in [0.05, 0.1) is 12.5 Å². The van der Waals surface area contributed by atoms with Crippen molar-refractivity contribution in [1.29, 1.82) is 0 Å². The van der Waals surface area contributed by atoms with Crippen LogP contribution in [-0.4, -0.2) is 21.1 Å². The van der Waals surface area contributed by atoms with Gasteiger partial charge in [-0.1, -0.05) is 41.9 Å². The van der Waals surface area contributed by atoms with Gasteiger partial charge in [-0.3, -0.25) is 0 Å². The fraction of sp³-hybridized carbons (Fsp3) is 0.0500. The van der Waals surface area contributed by atoms with Crippen LogP contribution >= 0.6 is 23.8 Å². The summed E-state index contributed by atoms with van der Waals surface area (Å²) in [6, 6.07) is 18.7. The first kappa shape index (κ1) is 18.2. The van der Waals surface area contributed by atoms with Crippen molar-refractivity contribution in [3.05, 3.63) is 87.8 Å². The van der Waals surface area contributed by atoms with Crippen molar-refractivity contribution < 1.29 is 9.15 Å². The number of furan rings is 1. The van der Waals surface area contributed by atoms with Gasteiger partial charge >= 0.3 is 0 Å². The van der Waals surface area contributed by atoms with E-state index in [1.54, 1.807) is 24.6 Å². The number of aromatic amines is 1. The maximum absolute atomic E-state index is 6.17. The molecule has 0 aliphatic heterocycles. The van der Waals surface area contributed by atoms with Gasteiger partial charge in [0.1, 0.15) is 12.4 Å². The van der Waals surface area contributed by atoms with E-state index >= 15 is 0 Å². The van der Waals surface area contributed by atoms with Crippen molar-refractivity contribution in [2.75, 3.05) is 0 Å². The fourth-order valence-corrected chi connectivity index (χ4v) is 2.92. The van der Waals surface area contributed by atoms with Crippen LogP contribution in [0, 0.1) is 4.77 Å². The van der Waals surface area contributed by atoms with Crippen LogP contribution in [0.15, 0.2) is 76.4 Å². The molecule has 2 aromatic carbocycles. The van der Waals surface area contributed by atoms with E-state index in [-0.39, 0.29) is 0 Å². The Morgan fingerprint density at radius 3 is 2.89 bits per heavy atom. The lowest BCUT2D eigenvalue weighted by atomic mass is 10.2. The molecule has 0 saturated heterocycles. The molecular formula is C20H15ClN4O2S. The Kier molecular flexibility index (Phi) is 5.36. The largest absolute Gasteiger partial charge is 0.489 e. The third-order valence-electron chi connectivity index (χ3n) is 3.92. The molecule has 0 saturated carbocycles. The molecule has 0 amide bonds. The van der Waals surface area contributed by atoms with E-state index in [2.05, 4.69) is 15.3 Å². The van der Waals surface area contributed by atoms with Crippen LogP contribution in [-0.2, 0) is 6.61 Å². The van der Waals surface area contributed by atoms with Crippen molar-refractivity contribution >= 4 is 30.0 Å². The van der Waals surface area contributed by atoms with E-state index in [4.69, 9.17) is 33.0 Å². The summed E-state index contributed by atoms with van der Waals surface area (Å²) in [5.41, 5.74) is 1.78. The summed E-state index contributed by atoms with van der Waals surface area (Å²) < 4.78 is 13.1. The molecule has 140 valence electrons. The summed E-state index contributed by atoms with van der Waals surface area (Å²) in [6.45, 7) is 0.385. The van der Waals surface area contributed by atoms with Gasteiger partial charge in [0.2, 0.25) is 10.6 Å². The Labute approximate surface area is 171 Å². The predicted molar refractivity (Wildman–Crippen MR) is 110 cm³/mol. The maximum atomic E-state index is 6.17. The first-order chi connectivity index (χ1) is 13.7. The van der Waals surface area contributed by atoms with Crippen LogP contribution in [0.25, 0.3) is 11.6 Å². The lowest BCUT2D eigenvalue weighted by Crippen LogP contribution is -1.97. The van der Waals surface area contributed by atoms with Gasteiger partial charge in [0.15, 0.2) is 5.76 Å². The number of nitrogens with zero attached hydrogens (tertiary/aromatic N) is 3. The highest BCUT2D eigenvalue weighted by Gasteiger charge is 2.10. The van der Waals surface area contributed by atoms with Crippen LogP contribution in [0.1, 0.15) is 11.1 Å². The van der Waals surface area contributed by atoms with Gasteiger partial charge in [-0.25, -0.2) is 5.10 Å².